The molecule has 0 radical (unpaired) electrons. The van der Waals surface area contributed by atoms with Crippen LogP contribution in [0.4, 0.5) is 5.69 Å². The highest BCUT2D eigenvalue weighted by molar-refractivity contribution is 5.90. The van der Waals surface area contributed by atoms with Gasteiger partial charge in [0.05, 0.1) is 18.3 Å². The average Bonchev–Trinajstić information content (AvgIpc) is 2.68. The van der Waals surface area contributed by atoms with Crippen LogP contribution in [0.3, 0.4) is 0 Å². The number of rotatable bonds is 8. The van der Waals surface area contributed by atoms with Crippen molar-refractivity contribution in [3.63, 3.8) is 0 Å². The van der Waals surface area contributed by atoms with E-state index in [0.717, 1.165) is 34.3 Å². The van der Waals surface area contributed by atoms with Crippen LogP contribution in [0.1, 0.15) is 12.0 Å². The summed E-state index contributed by atoms with van der Waals surface area (Å²) in [5.74, 6) is 0.871. The van der Waals surface area contributed by atoms with Crippen LogP contribution in [0.25, 0.3) is 10.9 Å². The van der Waals surface area contributed by atoms with E-state index in [2.05, 4.69) is 15.6 Å². The molecule has 0 atom stereocenters. The van der Waals surface area contributed by atoms with Gasteiger partial charge < -0.3 is 15.4 Å². The van der Waals surface area contributed by atoms with Crippen molar-refractivity contribution < 1.29 is 9.53 Å². The van der Waals surface area contributed by atoms with Crippen molar-refractivity contribution in [3.05, 3.63) is 66.4 Å². The van der Waals surface area contributed by atoms with E-state index in [9.17, 15) is 4.79 Å². The summed E-state index contributed by atoms with van der Waals surface area (Å²) >= 11 is 0. The average molecular weight is 349 g/mol. The van der Waals surface area contributed by atoms with E-state index in [0.29, 0.717) is 19.5 Å². The number of carbonyl (C=O) groups excluding carboxylic acids is 1. The summed E-state index contributed by atoms with van der Waals surface area (Å²) < 4.78 is 5.21. The van der Waals surface area contributed by atoms with Gasteiger partial charge in [-0.2, -0.15) is 0 Å². The lowest BCUT2D eigenvalue weighted by molar-refractivity contribution is -0.120. The van der Waals surface area contributed by atoms with Crippen molar-refractivity contribution in [2.45, 2.75) is 12.8 Å². The Morgan fingerprint density at radius 2 is 1.92 bits per heavy atom. The monoisotopic (exact) mass is 349 g/mol. The van der Waals surface area contributed by atoms with E-state index in [1.165, 1.54) is 0 Å². The number of methoxy groups -OCH3 is 1. The summed E-state index contributed by atoms with van der Waals surface area (Å²) in [4.78, 5) is 16.4. The highest BCUT2D eigenvalue weighted by atomic mass is 16.5. The summed E-state index contributed by atoms with van der Waals surface area (Å²) in [5.41, 5.74) is 3.02. The normalized spacial score (nSPS) is 10.5. The van der Waals surface area contributed by atoms with Crippen molar-refractivity contribution in [1.29, 1.82) is 0 Å². The first-order valence-corrected chi connectivity index (χ1v) is 8.73. The highest BCUT2D eigenvalue weighted by Crippen LogP contribution is 2.20. The smallest absolute Gasteiger partial charge is 0.221 e. The van der Waals surface area contributed by atoms with Gasteiger partial charge in [-0.05, 0) is 36.2 Å². The third kappa shape index (κ3) is 4.72. The van der Waals surface area contributed by atoms with Crippen molar-refractivity contribution in [2.24, 2.45) is 0 Å². The molecule has 0 saturated carbocycles. The fourth-order valence-corrected chi connectivity index (χ4v) is 2.82. The van der Waals surface area contributed by atoms with Crippen LogP contribution in [0.15, 0.2) is 60.8 Å². The topological polar surface area (TPSA) is 63.2 Å². The molecule has 0 aliphatic carbocycles. The number of amides is 1. The minimum atomic E-state index is 0.0357. The Bertz CT molecular complexity index is 875. The second-order valence-electron chi connectivity index (χ2n) is 6.01. The maximum absolute atomic E-state index is 12.0. The fraction of sp³-hybridized carbons (Fsp3) is 0.238. The van der Waals surface area contributed by atoms with Crippen LogP contribution < -0.4 is 15.4 Å². The first-order chi connectivity index (χ1) is 12.8. The third-order valence-electron chi connectivity index (χ3n) is 4.17. The number of aromatic nitrogens is 1. The van der Waals surface area contributed by atoms with Gasteiger partial charge in [-0.25, -0.2) is 0 Å². The number of carbonyl (C=O) groups is 1. The Labute approximate surface area is 153 Å². The van der Waals surface area contributed by atoms with Gasteiger partial charge in [0, 0.05) is 31.1 Å². The molecule has 26 heavy (non-hydrogen) atoms. The summed E-state index contributed by atoms with van der Waals surface area (Å²) in [5, 5.41) is 7.34. The van der Waals surface area contributed by atoms with Crippen LogP contribution >= 0.6 is 0 Å². The first-order valence-electron chi connectivity index (χ1n) is 8.73. The molecule has 0 saturated heterocycles. The number of para-hydroxylation sites is 1. The molecular weight excluding hydrogens is 326 g/mol. The van der Waals surface area contributed by atoms with Gasteiger partial charge in [-0.15, -0.1) is 0 Å². The van der Waals surface area contributed by atoms with E-state index in [-0.39, 0.29) is 5.91 Å². The Morgan fingerprint density at radius 1 is 1.08 bits per heavy atom. The Morgan fingerprint density at radius 3 is 2.81 bits per heavy atom. The fourth-order valence-electron chi connectivity index (χ4n) is 2.82. The molecule has 0 aliphatic rings. The molecule has 0 unspecified atom stereocenters. The summed E-state index contributed by atoms with van der Waals surface area (Å²) in [6.07, 6.45) is 2.98. The van der Waals surface area contributed by atoms with Crippen LogP contribution in [0.2, 0.25) is 0 Å². The summed E-state index contributed by atoms with van der Waals surface area (Å²) in [7, 11) is 1.65. The minimum Gasteiger partial charge on any atom is -0.497 e. The second kappa shape index (κ2) is 8.85. The van der Waals surface area contributed by atoms with Gasteiger partial charge in [0.1, 0.15) is 5.75 Å². The largest absolute Gasteiger partial charge is 0.497 e. The van der Waals surface area contributed by atoms with Crippen molar-refractivity contribution in [3.8, 4) is 5.75 Å². The zero-order chi connectivity index (χ0) is 18.2. The molecule has 0 bridgehead atoms. The molecule has 1 aromatic heterocycles. The van der Waals surface area contributed by atoms with E-state index in [1.807, 2.05) is 54.6 Å². The van der Waals surface area contributed by atoms with Gasteiger partial charge in [0.15, 0.2) is 0 Å². The zero-order valence-corrected chi connectivity index (χ0v) is 14.9. The molecule has 1 amide bonds. The molecule has 0 aliphatic heterocycles. The molecule has 5 nitrogen and oxygen atoms in total. The standard InChI is InChI=1S/C21H23N3O2/c1-26-18-8-2-5-16(15-18)10-13-23-20(25)11-14-22-19-9-3-6-17-7-4-12-24-21(17)19/h2-9,12,15,22H,10-11,13-14H2,1H3,(H,23,25). The minimum absolute atomic E-state index is 0.0357. The van der Waals surface area contributed by atoms with Gasteiger partial charge in [0.2, 0.25) is 5.91 Å². The van der Waals surface area contributed by atoms with E-state index in [1.54, 1.807) is 13.3 Å². The second-order valence-corrected chi connectivity index (χ2v) is 6.01. The molecule has 0 spiro atoms. The highest BCUT2D eigenvalue weighted by Gasteiger charge is 2.04. The van der Waals surface area contributed by atoms with E-state index in [4.69, 9.17) is 4.74 Å². The summed E-state index contributed by atoms with van der Waals surface area (Å²) in [6.45, 7) is 1.18. The van der Waals surface area contributed by atoms with E-state index >= 15 is 0 Å². The number of nitrogens with zero attached hydrogens (tertiary/aromatic N) is 1. The SMILES string of the molecule is COc1cccc(CCNC(=O)CCNc2cccc3cccnc23)c1. The number of hydrogen-bond acceptors (Lipinski definition) is 4. The molecular formula is C21H23N3O2. The zero-order valence-electron chi connectivity index (χ0n) is 14.9. The maximum Gasteiger partial charge on any atom is 0.221 e. The van der Waals surface area contributed by atoms with Crippen LogP contribution in [0.5, 0.6) is 5.75 Å². The van der Waals surface area contributed by atoms with Crippen molar-refractivity contribution in [2.75, 3.05) is 25.5 Å². The van der Waals surface area contributed by atoms with Crippen molar-refractivity contribution >= 4 is 22.5 Å². The number of ether oxygens (including phenoxy) is 1. The number of pyridine rings is 1. The Balaban J connectivity index is 1.42. The van der Waals surface area contributed by atoms with Crippen LogP contribution in [0, 0.1) is 0 Å². The number of anilines is 1. The molecule has 3 aromatic rings. The Kier molecular flexibility index (Phi) is 6.04. The molecule has 3 rings (SSSR count). The van der Waals surface area contributed by atoms with Crippen LogP contribution in [-0.4, -0.2) is 31.1 Å². The van der Waals surface area contributed by atoms with Gasteiger partial charge in [-0.3, -0.25) is 9.78 Å². The third-order valence-corrected chi connectivity index (χ3v) is 4.17. The predicted octanol–water partition coefficient (Wildman–Crippen LogP) is 3.40. The molecule has 5 heteroatoms. The quantitative estimate of drug-likeness (QED) is 0.654. The molecule has 2 N–H and O–H groups in total. The lowest BCUT2D eigenvalue weighted by atomic mass is 10.1. The number of fused-ring (bicyclic) bond motifs is 1. The summed E-state index contributed by atoms with van der Waals surface area (Å²) in [6, 6.07) is 17.8. The lowest BCUT2D eigenvalue weighted by Crippen LogP contribution is -2.27. The van der Waals surface area contributed by atoms with Gasteiger partial charge >= 0.3 is 0 Å². The Hall–Kier alpha value is -3.08. The lowest BCUT2D eigenvalue weighted by Gasteiger charge is -2.10. The van der Waals surface area contributed by atoms with E-state index < -0.39 is 0 Å². The molecule has 1 heterocycles. The molecule has 2 aromatic carbocycles. The number of nitrogens with one attached hydrogen (secondary N) is 2. The van der Waals surface area contributed by atoms with Crippen LogP contribution in [-0.2, 0) is 11.2 Å². The molecule has 134 valence electrons. The van der Waals surface area contributed by atoms with Gasteiger partial charge in [0.25, 0.3) is 0 Å². The number of benzene rings is 2. The maximum atomic E-state index is 12.0. The molecule has 0 fully saturated rings. The predicted molar refractivity (Wildman–Crippen MR) is 105 cm³/mol. The number of hydrogen-bond donors (Lipinski definition) is 2. The van der Waals surface area contributed by atoms with Crippen molar-refractivity contribution in [1.82, 2.24) is 10.3 Å². The first kappa shape index (κ1) is 17.7. The van der Waals surface area contributed by atoms with Gasteiger partial charge in [-0.1, -0.05) is 30.3 Å².